The second-order valence-corrected chi connectivity index (χ2v) is 4.72. The van der Waals surface area contributed by atoms with E-state index < -0.39 is 11.2 Å². The number of thiol groups is 1. The van der Waals surface area contributed by atoms with E-state index in [4.69, 9.17) is 4.74 Å². The molecule has 0 radical (unpaired) electrons. The summed E-state index contributed by atoms with van der Waals surface area (Å²) in [5.74, 6) is -1.15. The van der Waals surface area contributed by atoms with Gasteiger partial charge in [-0.1, -0.05) is 36.9 Å². The van der Waals surface area contributed by atoms with Crippen LogP contribution in [-0.2, 0) is 9.53 Å². The number of carbonyl (C=O) groups excluding carboxylic acids is 1. The highest BCUT2D eigenvalue weighted by Gasteiger charge is 2.35. The molecule has 7 heteroatoms. The molecule has 2 rings (SSSR count). The van der Waals surface area contributed by atoms with Gasteiger partial charge in [-0.15, -0.1) is 0 Å². The van der Waals surface area contributed by atoms with Crippen LogP contribution < -0.4 is 4.74 Å². The van der Waals surface area contributed by atoms with Gasteiger partial charge in [0.1, 0.15) is 24.7 Å². The molecule has 0 fully saturated rings. The normalized spacial score (nSPS) is 11.4. The zero-order chi connectivity index (χ0) is 15.5. The molecule has 0 aromatic heterocycles. The number of rotatable bonds is 5. The van der Waals surface area contributed by atoms with E-state index in [0.29, 0.717) is 16.5 Å². The van der Waals surface area contributed by atoms with E-state index in [-0.39, 0.29) is 19.0 Å². The van der Waals surface area contributed by atoms with Gasteiger partial charge in [-0.05, 0) is 12.1 Å². The zero-order valence-electron chi connectivity index (χ0n) is 10.8. The molecule has 0 heterocycles. The summed E-state index contributed by atoms with van der Waals surface area (Å²) in [7, 11) is 0. The molecule has 0 saturated carbocycles. The lowest BCUT2D eigenvalue weighted by Crippen LogP contribution is -2.26. The monoisotopic (exact) mass is 314 g/mol. The Labute approximate surface area is 124 Å². The number of halogens is 2. The van der Waals surface area contributed by atoms with Gasteiger partial charge in [0.2, 0.25) is 0 Å². The first kappa shape index (κ1) is 15.4. The minimum absolute atomic E-state index is 0.0929. The molecule has 0 aliphatic heterocycles. The largest absolute Gasteiger partial charge is 0.507 e. The molecule has 0 aliphatic rings. The number of fused-ring (bicyclic) bond motifs is 1. The predicted molar refractivity (Wildman–Crippen MR) is 76.0 cm³/mol. The number of phenols is 1. The molecular weight excluding hydrogens is 302 g/mol. The minimum atomic E-state index is -3.81. The van der Waals surface area contributed by atoms with Crippen molar-refractivity contribution in [2.24, 2.45) is 0 Å². The first-order valence-electron chi connectivity index (χ1n) is 6.00. The summed E-state index contributed by atoms with van der Waals surface area (Å²) in [6, 6.07) is 10.0. The molecular formula is C14H12F2O4S. The van der Waals surface area contributed by atoms with Crippen molar-refractivity contribution in [3.63, 3.8) is 0 Å². The van der Waals surface area contributed by atoms with E-state index in [9.17, 15) is 18.7 Å². The summed E-state index contributed by atoms with van der Waals surface area (Å²) in [6.07, 6.45) is 0. The maximum atomic E-state index is 12.4. The summed E-state index contributed by atoms with van der Waals surface area (Å²) in [5, 5.41) is 7.17. The predicted octanol–water partition coefficient (Wildman–Crippen LogP) is 2.99. The average Bonchev–Trinajstić information content (AvgIpc) is 2.43. The van der Waals surface area contributed by atoms with Gasteiger partial charge in [0.05, 0.1) is 0 Å². The third-order valence-corrected chi connectivity index (χ3v) is 2.86. The van der Waals surface area contributed by atoms with Gasteiger partial charge in [-0.3, -0.25) is 0 Å². The van der Waals surface area contributed by atoms with Gasteiger partial charge < -0.3 is 14.6 Å². The van der Waals surface area contributed by atoms with Crippen LogP contribution in [0.25, 0.3) is 10.8 Å². The Balaban J connectivity index is 1.99. The van der Waals surface area contributed by atoms with Crippen LogP contribution in [0.3, 0.4) is 0 Å². The van der Waals surface area contributed by atoms with E-state index in [2.05, 4.69) is 17.4 Å². The fourth-order valence-electron chi connectivity index (χ4n) is 1.76. The van der Waals surface area contributed by atoms with Crippen molar-refractivity contribution in [3.05, 3.63) is 36.4 Å². The molecule has 0 saturated heterocycles. The maximum Gasteiger partial charge on any atom is 0.388 e. The Hall–Kier alpha value is -2.02. The van der Waals surface area contributed by atoms with Crippen LogP contribution in [0.5, 0.6) is 11.5 Å². The van der Waals surface area contributed by atoms with Crippen molar-refractivity contribution < 1.29 is 28.2 Å². The second-order valence-electron chi connectivity index (χ2n) is 4.15. The third kappa shape index (κ3) is 3.75. The third-order valence-electron chi connectivity index (χ3n) is 2.68. The molecule has 0 atom stereocenters. The first-order chi connectivity index (χ1) is 9.89. The molecule has 4 nitrogen and oxygen atoms in total. The van der Waals surface area contributed by atoms with Crippen molar-refractivity contribution in [2.75, 3.05) is 13.2 Å². The van der Waals surface area contributed by atoms with Gasteiger partial charge in [0.15, 0.2) is 0 Å². The Bertz CT molecular complexity index is 655. The van der Waals surface area contributed by atoms with E-state index >= 15 is 0 Å². The number of aromatic hydroxyl groups is 1. The first-order valence-corrected chi connectivity index (χ1v) is 6.45. The number of benzene rings is 2. The number of hydrogen-bond donors (Lipinski definition) is 2. The second kappa shape index (κ2) is 6.17. The molecule has 0 unspecified atom stereocenters. The van der Waals surface area contributed by atoms with E-state index in [0.717, 1.165) is 0 Å². The van der Waals surface area contributed by atoms with Gasteiger partial charge in [0.25, 0.3) is 0 Å². The van der Waals surface area contributed by atoms with Crippen molar-refractivity contribution >= 4 is 29.4 Å². The molecule has 0 amide bonds. The van der Waals surface area contributed by atoms with Crippen molar-refractivity contribution in [3.8, 4) is 11.5 Å². The number of carbonyl (C=O) groups is 1. The topological polar surface area (TPSA) is 55.8 Å². The number of phenolic OH excluding ortho intramolecular Hbond substituents is 1. The fraction of sp³-hybridized carbons (Fsp3) is 0.214. The summed E-state index contributed by atoms with van der Waals surface area (Å²) in [4.78, 5) is 10.8. The van der Waals surface area contributed by atoms with Crippen LogP contribution >= 0.6 is 12.6 Å². The van der Waals surface area contributed by atoms with Crippen molar-refractivity contribution in [1.82, 2.24) is 0 Å². The number of esters is 1. The molecule has 112 valence electrons. The zero-order valence-corrected chi connectivity index (χ0v) is 11.6. The number of hydrogen-bond acceptors (Lipinski definition) is 5. The van der Waals surface area contributed by atoms with Crippen LogP contribution in [0, 0.1) is 0 Å². The summed E-state index contributed by atoms with van der Waals surface area (Å²) >= 11 is 2.80. The van der Waals surface area contributed by atoms with Gasteiger partial charge in [0, 0.05) is 10.8 Å². The Morgan fingerprint density at radius 2 is 1.81 bits per heavy atom. The summed E-state index contributed by atoms with van der Waals surface area (Å²) in [5.41, 5.74) is 0. The van der Waals surface area contributed by atoms with Crippen LogP contribution in [0.2, 0.25) is 0 Å². The highest BCUT2D eigenvalue weighted by atomic mass is 32.1. The smallest absolute Gasteiger partial charge is 0.388 e. The quantitative estimate of drug-likeness (QED) is 0.506. The number of alkyl halides is 2. The molecule has 0 aliphatic carbocycles. The Morgan fingerprint density at radius 3 is 2.52 bits per heavy atom. The molecule has 21 heavy (non-hydrogen) atoms. The van der Waals surface area contributed by atoms with Crippen LogP contribution in [0.15, 0.2) is 36.4 Å². The van der Waals surface area contributed by atoms with Crippen molar-refractivity contribution in [1.29, 1.82) is 0 Å². The van der Waals surface area contributed by atoms with E-state index in [1.807, 2.05) is 0 Å². The molecule has 0 bridgehead atoms. The molecule has 2 aromatic carbocycles. The summed E-state index contributed by atoms with van der Waals surface area (Å²) < 4.78 is 34.6. The molecule has 1 N–H and O–H groups in total. The van der Waals surface area contributed by atoms with E-state index in [1.54, 1.807) is 36.4 Å². The Kier molecular flexibility index (Phi) is 4.52. The SMILES string of the molecule is O=C(OCCOc1cccc2c(O)cccc12)C(F)(F)S. The average molecular weight is 314 g/mol. The highest BCUT2D eigenvalue weighted by molar-refractivity contribution is 7.82. The highest BCUT2D eigenvalue weighted by Crippen LogP contribution is 2.31. The molecule has 2 aromatic rings. The standard InChI is InChI=1S/C14H12F2O4S/c15-14(16,21)13(18)20-8-7-19-12-6-2-3-9-10(12)4-1-5-11(9)17/h1-6,17,21H,7-8H2. The fourth-order valence-corrected chi connectivity index (χ4v) is 1.83. The van der Waals surface area contributed by atoms with Gasteiger partial charge >= 0.3 is 11.2 Å². The Morgan fingerprint density at radius 1 is 1.14 bits per heavy atom. The van der Waals surface area contributed by atoms with Crippen molar-refractivity contribution in [2.45, 2.75) is 5.25 Å². The lowest BCUT2D eigenvalue weighted by molar-refractivity contribution is -0.160. The van der Waals surface area contributed by atoms with Gasteiger partial charge in [-0.2, -0.15) is 8.78 Å². The minimum Gasteiger partial charge on any atom is -0.507 e. The van der Waals surface area contributed by atoms with Crippen LogP contribution in [0.1, 0.15) is 0 Å². The van der Waals surface area contributed by atoms with E-state index in [1.165, 1.54) is 0 Å². The summed E-state index contributed by atoms with van der Waals surface area (Å²) in [6.45, 7) is -0.422. The van der Waals surface area contributed by atoms with Gasteiger partial charge in [-0.25, -0.2) is 4.79 Å². The lowest BCUT2D eigenvalue weighted by Gasteiger charge is -2.12. The molecule has 0 spiro atoms. The maximum absolute atomic E-state index is 12.4. The van der Waals surface area contributed by atoms with Crippen LogP contribution in [0.4, 0.5) is 8.78 Å². The van der Waals surface area contributed by atoms with Crippen LogP contribution in [-0.4, -0.2) is 29.5 Å². The number of ether oxygens (including phenoxy) is 2. The lowest BCUT2D eigenvalue weighted by atomic mass is 10.1.